The number of hydrogen-bond acceptors (Lipinski definition) is 4. The number of halogens is 1. The summed E-state index contributed by atoms with van der Waals surface area (Å²) in [6.45, 7) is 2.29. The number of anilines is 1. The van der Waals surface area contributed by atoms with Crippen molar-refractivity contribution in [2.75, 3.05) is 5.73 Å². The van der Waals surface area contributed by atoms with Crippen molar-refractivity contribution in [3.63, 3.8) is 0 Å². The number of nitrogen functional groups attached to an aromatic ring is 1. The number of aromatic nitrogens is 1. The quantitative estimate of drug-likeness (QED) is 0.725. The Kier molecular flexibility index (Phi) is 4.06. The average Bonchev–Trinajstić information content (AvgIpc) is 2.93. The van der Waals surface area contributed by atoms with Gasteiger partial charge in [-0.15, -0.1) is 11.3 Å². The van der Waals surface area contributed by atoms with Crippen LogP contribution in [0.1, 0.15) is 10.4 Å². The first-order chi connectivity index (χ1) is 10.6. The molecule has 22 heavy (non-hydrogen) atoms. The number of hydrogen-bond donors (Lipinski definition) is 1. The third-order valence-corrected chi connectivity index (χ3v) is 4.12. The second-order valence-electron chi connectivity index (χ2n) is 4.95. The topological polar surface area (TPSA) is 48.1 Å². The Bertz CT molecular complexity index is 801. The van der Waals surface area contributed by atoms with Crippen LogP contribution in [0, 0.1) is 12.7 Å². The van der Waals surface area contributed by atoms with Gasteiger partial charge in [0.15, 0.2) is 0 Å². The second kappa shape index (κ2) is 6.15. The zero-order valence-corrected chi connectivity index (χ0v) is 12.9. The summed E-state index contributed by atoms with van der Waals surface area (Å²) in [5.41, 5.74) is 8.31. The van der Waals surface area contributed by atoms with Gasteiger partial charge in [-0.3, -0.25) is 0 Å². The molecule has 1 aromatic heterocycles. The predicted octanol–water partition coefficient (Wildman–Crippen LogP) is 4.42. The summed E-state index contributed by atoms with van der Waals surface area (Å²) in [7, 11) is 0. The van der Waals surface area contributed by atoms with Gasteiger partial charge in [0, 0.05) is 16.6 Å². The largest absolute Gasteiger partial charge is 0.487 e. The first-order valence-electron chi connectivity index (χ1n) is 6.81. The molecule has 2 N–H and O–H groups in total. The van der Waals surface area contributed by atoms with Gasteiger partial charge in [-0.2, -0.15) is 0 Å². The molecule has 0 bridgehead atoms. The highest BCUT2D eigenvalue weighted by atomic mass is 32.1. The summed E-state index contributed by atoms with van der Waals surface area (Å²) in [6, 6.07) is 11.9. The molecule has 0 aliphatic rings. The first-order valence-corrected chi connectivity index (χ1v) is 7.63. The number of rotatable bonds is 4. The summed E-state index contributed by atoms with van der Waals surface area (Å²) in [4.78, 5) is 5.49. The van der Waals surface area contributed by atoms with Crippen LogP contribution in [0.2, 0.25) is 0 Å². The molecule has 0 aliphatic carbocycles. The van der Waals surface area contributed by atoms with E-state index < -0.39 is 0 Å². The van der Waals surface area contributed by atoms with Crippen LogP contribution in [0.5, 0.6) is 5.75 Å². The molecule has 0 spiro atoms. The molecule has 0 aliphatic heterocycles. The van der Waals surface area contributed by atoms with Crippen LogP contribution in [-0.4, -0.2) is 4.98 Å². The van der Waals surface area contributed by atoms with E-state index in [1.807, 2.05) is 37.4 Å². The summed E-state index contributed by atoms with van der Waals surface area (Å²) >= 11 is 1.62. The maximum Gasteiger partial charge on any atom is 0.142 e. The molecule has 5 heteroatoms. The Morgan fingerprint density at radius 2 is 2.09 bits per heavy atom. The van der Waals surface area contributed by atoms with Crippen molar-refractivity contribution in [3.8, 4) is 16.3 Å². The molecule has 0 atom stereocenters. The lowest BCUT2D eigenvalue weighted by molar-refractivity contribution is 0.307. The van der Waals surface area contributed by atoms with Crippen molar-refractivity contribution >= 4 is 17.0 Å². The molecular weight excluding hydrogens is 299 g/mol. The molecule has 0 fully saturated rings. The van der Waals surface area contributed by atoms with Gasteiger partial charge in [0.05, 0.1) is 5.69 Å². The number of benzene rings is 2. The molecule has 0 saturated heterocycles. The molecule has 3 rings (SSSR count). The SMILES string of the molecule is Cc1cnc(-c2ccc(OCc3cccc(F)c3)c(N)c2)s1. The van der Waals surface area contributed by atoms with Gasteiger partial charge in [-0.25, -0.2) is 9.37 Å². The Hall–Kier alpha value is -2.40. The zero-order valence-electron chi connectivity index (χ0n) is 12.0. The van der Waals surface area contributed by atoms with Gasteiger partial charge in [0.2, 0.25) is 0 Å². The maximum absolute atomic E-state index is 13.1. The highest BCUT2D eigenvalue weighted by molar-refractivity contribution is 7.14. The van der Waals surface area contributed by atoms with Crippen LogP contribution in [-0.2, 0) is 6.61 Å². The minimum atomic E-state index is -0.274. The third kappa shape index (κ3) is 3.26. The van der Waals surface area contributed by atoms with Gasteiger partial charge in [-0.1, -0.05) is 12.1 Å². The van der Waals surface area contributed by atoms with E-state index in [9.17, 15) is 4.39 Å². The van der Waals surface area contributed by atoms with Crippen molar-refractivity contribution in [3.05, 3.63) is 64.9 Å². The van der Waals surface area contributed by atoms with Crippen molar-refractivity contribution < 1.29 is 9.13 Å². The van der Waals surface area contributed by atoms with Gasteiger partial charge in [0.25, 0.3) is 0 Å². The molecule has 0 amide bonds. The van der Waals surface area contributed by atoms with Crippen molar-refractivity contribution in [2.24, 2.45) is 0 Å². The van der Waals surface area contributed by atoms with Gasteiger partial charge < -0.3 is 10.5 Å². The van der Waals surface area contributed by atoms with Crippen molar-refractivity contribution in [1.82, 2.24) is 4.98 Å². The normalized spacial score (nSPS) is 10.6. The minimum absolute atomic E-state index is 0.274. The maximum atomic E-state index is 13.1. The summed E-state index contributed by atoms with van der Waals surface area (Å²) in [5.74, 6) is 0.310. The van der Waals surface area contributed by atoms with E-state index in [0.717, 1.165) is 21.0 Å². The van der Waals surface area contributed by atoms with E-state index >= 15 is 0 Å². The average molecular weight is 314 g/mol. The number of nitrogens with zero attached hydrogens (tertiary/aromatic N) is 1. The predicted molar refractivity (Wildman–Crippen MR) is 87.4 cm³/mol. The van der Waals surface area contributed by atoms with Crippen LogP contribution in [0.15, 0.2) is 48.7 Å². The molecule has 1 heterocycles. The summed E-state index contributed by atoms with van der Waals surface area (Å²) in [5, 5.41) is 0.931. The Labute approximate surface area is 132 Å². The highest BCUT2D eigenvalue weighted by Crippen LogP contribution is 2.31. The van der Waals surface area contributed by atoms with Crippen LogP contribution in [0.25, 0.3) is 10.6 Å². The summed E-state index contributed by atoms with van der Waals surface area (Å²) in [6.07, 6.45) is 1.84. The molecule has 3 nitrogen and oxygen atoms in total. The van der Waals surface area contributed by atoms with Crippen LogP contribution < -0.4 is 10.5 Å². The number of thiazole rings is 1. The molecule has 112 valence electrons. The number of nitrogens with two attached hydrogens (primary N) is 1. The molecular formula is C17H15FN2OS. The van der Waals surface area contributed by atoms with Gasteiger partial charge in [0.1, 0.15) is 23.2 Å². The van der Waals surface area contributed by atoms with Crippen LogP contribution in [0.3, 0.4) is 0 Å². The standard InChI is InChI=1S/C17H15FN2OS/c1-11-9-20-17(22-11)13-5-6-16(15(19)8-13)21-10-12-3-2-4-14(18)7-12/h2-9H,10,19H2,1H3. The fraction of sp³-hybridized carbons (Fsp3) is 0.118. The molecule has 0 radical (unpaired) electrons. The first kappa shape index (κ1) is 14.5. The fourth-order valence-corrected chi connectivity index (χ4v) is 2.85. The van der Waals surface area contributed by atoms with Crippen LogP contribution >= 0.6 is 11.3 Å². The van der Waals surface area contributed by atoms with E-state index in [1.165, 1.54) is 12.1 Å². The number of aryl methyl sites for hydroxylation is 1. The summed E-state index contributed by atoms with van der Waals surface area (Å²) < 4.78 is 18.8. The lowest BCUT2D eigenvalue weighted by atomic mass is 10.2. The monoisotopic (exact) mass is 314 g/mol. The lowest BCUT2D eigenvalue weighted by Crippen LogP contribution is -1.99. The Morgan fingerprint density at radius 1 is 1.23 bits per heavy atom. The van der Waals surface area contributed by atoms with E-state index in [-0.39, 0.29) is 12.4 Å². The van der Waals surface area contributed by atoms with E-state index in [2.05, 4.69) is 4.98 Å². The smallest absolute Gasteiger partial charge is 0.142 e. The number of ether oxygens (including phenoxy) is 1. The Balaban J connectivity index is 1.75. The zero-order chi connectivity index (χ0) is 15.5. The Morgan fingerprint density at radius 3 is 2.77 bits per heavy atom. The fourth-order valence-electron chi connectivity index (χ4n) is 2.09. The molecule has 0 saturated carbocycles. The molecule has 2 aromatic carbocycles. The van der Waals surface area contributed by atoms with Gasteiger partial charge in [-0.05, 0) is 42.8 Å². The lowest BCUT2D eigenvalue weighted by Gasteiger charge is -2.10. The molecule has 3 aromatic rings. The third-order valence-electron chi connectivity index (χ3n) is 3.16. The molecule has 0 unspecified atom stereocenters. The van der Waals surface area contributed by atoms with E-state index in [0.29, 0.717) is 11.4 Å². The van der Waals surface area contributed by atoms with E-state index in [4.69, 9.17) is 10.5 Å². The highest BCUT2D eigenvalue weighted by Gasteiger charge is 2.07. The van der Waals surface area contributed by atoms with Crippen molar-refractivity contribution in [2.45, 2.75) is 13.5 Å². The second-order valence-corrected chi connectivity index (χ2v) is 6.18. The van der Waals surface area contributed by atoms with Crippen LogP contribution in [0.4, 0.5) is 10.1 Å². The van der Waals surface area contributed by atoms with E-state index in [1.54, 1.807) is 17.4 Å². The minimum Gasteiger partial charge on any atom is -0.487 e. The van der Waals surface area contributed by atoms with Crippen molar-refractivity contribution in [1.29, 1.82) is 0 Å². The van der Waals surface area contributed by atoms with Gasteiger partial charge >= 0.3 is 0 Å².